The molecule has 0 spiro atoms. The Morgan fingerprint density at radius 3 is 2.67 bits per heavy atom. The second-order valence-electron chi connectivity index (χ2n) is 6.21. The largest absolute Gasteiger partial charge is 0.322 e. The summed E-state index contributed by atoms with van der Waals surface area (Å²) in [6.07, 6.45) is 1.15. The molecule has 0 unspecified atom stereocenters. The lowest BCUT2D eigenvalue weighted by Gasteiger charge is -2.10. The van der Waals surface area contributed by atoms with Gasteiger partial charge in [-0.1, -0.05) is 12.1 Å². The monoisotopic (exact) mass is 320 g/mol. The third kappa shape index (κ3) is 2.29. The number of carbonyl (C=O) groups excluding carboxylic acids is 3. The maximum Gasteiger partial charge on any atom is 0.255 e. The van der Waals surface area contributed by atoms with Crippen molar-refractivity contribution >= 4 is 29.0 Å². The molecular weight excluding hydrogens is 304 g/mol. The second-order valence-corrected chi connectivity index (χ2v) is 6.21. The van der Waals surface area contributed by atoms with Gasteiger partial charge in [0.2, 0.25) is 5.91 Å². The Labute approximate surface area is 139 Å². The molecule has 1 N–H and O–H groups in total. The van der Waals surface area contributed by atoms with Crippen LogP contribution in [0.15, 0.2) is 36.4 Å². The topological polar surface area (TPSA) is 66.5 Å². The van der Waals surface area contributed by atoms with E-state index in [2.05, 4.69) is 5.32 Å². The van der Waals surface area contributed by atoms with Crippen molar-refractivity contribution in [2.75, 3.05) is 16.8 Å². The number of Topliss-reactive ketones (excluding diaryl/α,β-unsaturated/α-hetero) is 1. The highest BCUT2D eigenvalue weighted by molar-refractivity contribution is 6.08. The first kappa shape index (κ1) is 14.6. The Bertz CT molecular complexity index is 901. The Balaban J connectivity index is 1.63. The molecule has 2 amide bonds. The second kappa shape index (κ2) is 5.30. The summed E-state index contributed by atoms with van der Waals surface area (Å²) in [5, 5.41) is 2.83. The first-order valence-corrected chi connectivity index (χ1v) is 7.91. The average Bonchev–Trinajstić information content (AvgIpc) is 3.12. The first-order valence-electron chi connectivity index (χ1n) is 7.91. The van der Waals surface area contributed by atoms with Gasteiger partial charge in [-0.25, -0.2) is 0 Å². The lowest BCUT2D eigenvalue weighted by Crippen LogP contribution is -2.24. The van der Waals surface area contributed by atoms with Crippen LogP contribution < -0.4 is 10.2 Å². The van der Waals surface area contributed by atoms with Crippen LogP contribution in [0.25, 0.3) is 0 Å². The summed E-state index contributed by atoms with van der Waals surface area (Å²) in [6, 6.07) is 10.5. The Morgan fingerprint density at radius 1 is 1.08 bits per heavy atom. The third-order valence-corrected chi connectivity index (χ3v) is 4.57. The van der Waals surface area contributed by atoms with E-state index in [0.29, 0.717) is 29.8 Å². The third-order valence-electron chi connectivity index (χ3n) is 4.57. The minimum atomic E-state index is -0.229. The molecule has 2 aliphatic rings. The van der Waals surface area contributed by atoms with E-state index in [1.165, 1.54) is 6.92 Å². The number of anilines is 2. The van der Waals surface area contributed by atoms with Gasteiger partial charge in [0.25, 0.3) is 5.91 Å². The number of benzene rings is 2. The fraction of sp³-hybridized carbons (Fsp3) is 0.211. The number of amides is 2. The maximum atomic E-state index is 12.6. The number of rotatable bonds is 3. The van der Waals surface area contributed by atoms with Crippen LogP contribution in [0, 0.1) is 0 Å². The lowest BCUT2D eigenvalue weighted by atomic mass is 10.0. The Hall–Kier alpha value is -2.95. The summed E-state index contributed by atoms with van der Waals surface area (Å²) >= 11 is 0. The predicted molar refractivity (Wildman–Crippen MR) is 90.6 cm³/mol. The van der Waals surface area contributed by atoms with Crippen LogP contribution in [-0.2, 0) is 17.6 Å². The molecule has 2 aromatic rings. The first-order chi connectivity index (χ1) is 11.5. The van der Waals surface area contributed by atoms with Crippen molar-refractivity contribution in [2.45, 2.75) is 19.8 Å². The van der Waals surface area contributed by atoms with Crippen LogP contribution in [-0.4, -0.2) is 24.1 Å². The van der Waals surface area contributed by atoms with Gasteiger partial charge in [-0.2, -0.15) is 0 Å². The van der Waals surface area contributed by atoms with Crippen LogP contribution in [0.5, 0.6) is 0 Å². The zero-order valence-corrected chi connectivity index (χ0v) is 13.3. The molecule has 0 fully saturated rings. The van der Waals surface area contributed by atoms with Crippen LogP contribution in [0.2, 0.25) is 0 Å². The van der Waals surface area contributed by atoms with Gasteiger partial charge in [-0.15, -0.1) is 0 Å². The van der Waals surface area contributed by atoms with E-state index in [-0.39, 0.29) is 17.6 Å². The lowest BCUT2D eigenvalue weighted by molar-refractivity contribution is -0.117. The van der Waals surface area contributed by atoms with Crippen molar-refractivity contribution in [3.63, 3.8) is 0 Å². The molecule has 2 aromatic carbocycles. The van der Waals surface area contributed by atoms with E-state index < -0.39 is 0 Å². The number of hydrogen-bond donors (Lipinski definition) is 1. The molecule has 5 heteroatoms. The molecule has 5 nitrogen and oxygen atoms in total. The molecule has 2 heterocycles. The van der Waals surface area contributed by atoms with Gasteiger partial charge in [0.05, 0.1) is 12.1 Å². The summed E-state index contributed by atoms with van der Waals surface area (Å²) < 4.78 is 0. The minimum absolute atomic E-state index is 0.0459. The van der Waals surface area contributed by atoms with Crippen molar-refractivity contribution in [1.82, 2.24) is 0 Å². The van der Waals surface area contributed by atoms with E-state index in [9.17, 15) is 14.4 Å². The zero-order chi connectivity index (χ0) is 16.8. The minimum Gasteiger partial charge on any atom is -0.322 e. The molecule has 0 atom stereocenters. The molecule has 4 rings (SSSR count). The molecule has 0 saturated carbocycles. The predicted octanol–water partition coefficient (Wildman–Crippen LogP) is 2.59. The molecule has 2 aliphatic heterocycles. The number of hydrogen-bond acceptors (Lipinski definition) is 3. The molecular formula is C19H16N2O3. The van der Waals surface area contributed by atoms with Crippen molar-refractivity contribution in [3.8, 4) is 0 Å². The van der Waals surface area contributed by atoms with E-state index >= 15 is 0 Å². The fourth-order valence-electron chi connectivity index (χ4n) is 3.43. The summed E-state index contributed by atoms with van der Waals surface area (Å²) in [5.74, 6) is -0.168. The Morgan fingerprint density at radius 2 is 1.88 bits per heavy atom. The SMILES string of the molecule is CC(=O)c1cccc(NC(=O)c2cc3c4c(c2)CC(=O)N4CC3)c1. The smallest absolute Gasteiger partial charge is 0.255 e. The molecule has 0 aromatic heterocycles. The highest BCUT2D eigenvalue weighted by Gasteiger charge is 2.34. The number of nitrogens with zero attached hydrogens (tertiary/aromatic N) is 1. The van der Waals surface area contributed by atoms with Crippen molar-refractivity contribution in [2.24, 2.45) is 0 Å². The molecule has 120 valence electrons. The summed E-state index contributed by atoms with van der Waals surface area (Å²) in [4.78, 5) is 37.8. The number of ketones is 1. The van der Waals surface area contributed by atoms with Crippen molar-refractivity contribution in [1.29, 1.82) is 0 Å². The van der Waals surface area contributed by atoms with E-state index in [1.54, 1.807) is 30.3 Å². The van der Waals surface area contributed by atoms with Gasteiger partial charge in [-0.05, 0) is 48.7 Å². The molecule has 24 heavy (non-hydrogen) atoms. The van der Waals surface area contributed by atoms with Crippen LogP contribution in [0.1, 0.15) is 38.8 Å². The maximum absolute atomic E-state index is 12.6. The van der Waals surface area contributed by atoms with Gasteiger partial charge in [-0.3, -0.25) is 14.4 Å². The number of nitrogens with one attached hydrogen (secondary N) is 1. The van der Waals surface area contributed by atoms with Crippen molar-refractivity contribution in [3.05, 3.63) is 58.7 Å². The van der Waals surface area contributed by atoms with Crippen LogP contribution in [0.4, 0.5) is 11.4 Å². The molecule has 0 bridgehead atoms. The standard InChI is InChI=1S/C19H16N2O3/c1-11(22)12-3-2-4-16(9-12)20-19(24)15-7-13-5-6-21-17(23)10-14(8-15)18(13)21/h2-4,7-9H,5-6,10H2,1H3,(H,20,24). The Kier molecular flexibility index (Phi) is 3.23. The molecule has 0 aliphatic carbocycles. The highest BCUT2D eigenvalue weighted by atomic mass is 16.2. The average molecular weight is 320 g/mol. The number of carbonyl (C=O) groups is 3. The van der Waals surface area contributed by atoms with Gasteiger partial charge >= 0.3 is 0 Å². The molecule has 0 radical (unpaired) electrons. The quantitative estimate of drug-likeness (QED) is 0.884. The van der Waals surface area contributed by atoms with Crippen LogP contribution >= 0.6 is 0 Å². The zero-order valence-electron chi connectivity index (χ0n) is 13.3. The normalized spacial score (nSPS) is 14.7. The van der Waals surface area contributed by atoms with Gasteiger partial charge in [0, 0.05) is 23.4 Å². The van der Waals surface area contributed by atoms with Gasteiger partial charge < -0.3 is 10.2 Å². The van der Waals surface area contributed by atoms with Crippen LogP contribution in [0.3, 0.4) is 0 Å². The molecule has 0 saturated heterocycles. The summed E-state index contributed by atoms with van der Waals surface area (Å²) in [6.45, 7) is 2.19. The van der Waals surface area contributed by atoms with E-state index in [1.807, 2.05) is 11.0 Å². The summed E-state index contributed by atoms with van der Waals surface area (Å²) in [7, 11) is 0. The summed E-state index contributed by atoms with van der Waals surface area (Å²) in [5.41, 5.74) is 4.67. The van der Waals surface area contributed by atoms with E-state index in [4.69, 9.17) is 0 Å². The fourth-order valence-corrected chi connectivity index (χ4v) is 3.43. The van der Waals surface area contributed by atoms with Gasteiger partial charge in [0.1, 0.15) is 0 Å². The highest BCUT2D eigenvalue weighted by Crippen LogP contribution is 2.38. The van der Waals surface area contributed by atoms with E-state index in [0.717, 1.165) is 23.2 Å². The van der Waals surface area contributed by atoms with Crippen molar-refractivity contribution < 1.29 is 14.4 Å². The van der Waals surface area contributed by atoms with Gasteiger partial charge in [0.15, 0.2) is 5.78 Å².